The predicted octanol–water partition coefficient (Wildman–Crippen LogP) is 2.56. The lowest BCUT2D eigenvalue weighted by Crippen LogP contribution is -2.23. The van der Waals surface area contributed by atoms with Crippen LogP contribution in [-0.2, 0) is 0 Å². The first-order valence-electron chi connectivity index (χ1n) is 5.45. The van der Waals surface area contributed by atoms with E-state index in [1.807, 2.05) is 18.2 Å². The lowest BCUT2D eigenvalue weighted by molar-refractivity contribution is 0.376. The summed E-state index contributed by atoms with van der Waals surface area (Å²) in [5.74, 6) is 0.826. The third kappa shape index (κ3) is 3.77. The van der Waals surface area contributed by atoms with Gasteiger partial charge >= 0.3 is 0 Å². The smallest absolute Gasteiger partial charge is 0.126 e. The van der Waals surface area contributed by atoms with Crippen LogP contribution in [0.2, 0.25) is 0 Å². The summed E-state index contributed by atoms with van der Waals surface area (Å²) in [7, 11) is 0. The van der Waals surface area contributed by atoms with Crippen LogP contribution >= 0.6 is 12.2 Å². The molecule has 0 bridgehead atoms. The van der Waals surface area contributed by atoms with Crippen molar-refractivity contribution in [3.05, 3.63) is 23.9 Å². The van der Waals surface area contributed by atoms with E-state index in [0.717, 1.165) is 18.8 Å². The van der Waals surface area contributed by atoms with Crippen LogP contribution in [0.15, 0.2) is 18.2 Å². The van der Waals surface area contributed by atoms with Crippen molar-refractivity contribution in [2.75, 3.05) is 11.9 Å². The fourth-order valence-electron chi connectivity index (χ4n) is 1.13. The van der Waals surface area contributed by atoms with E-state index >= 15 is 0 Å². The summed E-state index contributed by atoms with van der Waals surface area (Å²) in [4.78, 5) is 4.66. The average molecular weight is 237 g/mol. The molecule has 0 aliphatic carbocycles. The highest BCUT2D eigenvalue weighted by atomic mass is 32.1. The van der Waals surface area contributed by atoms with Crippen LogP contribution in [0.4, 0.5) is 5.82 Å². The van der Waals surface area contributed by atoms with Crippen molar-refractivity contribution in [3.63, 3.8) is 0 Å². The molecule has 3 N–H and O–H groups in total. The molecule has 3 nitrogen and oxygen atoms in total. The maximum atomic E-state index is 5.53. The van der Waals surface area contributed by atoms with Gasteiger partial charge < -0.3 is 11.1 Å². The molecule has 0 spiro atoms. The lowest BCUT2D eigenvalue weighted by Gasteiger charge is -2.23. The summed E-state index contributed by atoms with van der Waals surface area (Å²) >= 11 is 4.89. The van der Waals surface area contributed by atoms with Gasteiger partial charge in [-0.15, -0.1) is 0 Å². The Morgan fingerprint density at radius 2 is 2.19 bits per heavy atom. The highest BCUT2D eigenvalue weighted by molar-refractivity contribution is 7.80. The topological polar surface area (TPSA) is 50.9 Å². The molecule has 0 fully saturated rings. The summed E-state index contributed by atoms with van der Waals surface area (Å²) in [6.07, 6.45) is 1.12. The van der Waals surface area contributed by atoms with Crippen molar-refractivity contribution < 1.29 is 0 Å². The van der Waals surface area contributed by atoms with Crippen molar-refractivity contribution in [2.45, 2.75) is 27.2 Å². The van der Waals surface area contributed by atoms with Crippen LogP contribution in [0.5, 0.6) is 0 Å². The zero-order valence-electron chi connectivity index (χ0n) is 10.1. The van der Waals surface area contributed by atoms with E-state index in [4.69, 9.17) is 18.0 Å². The molecule has 1 aromatic heterocycles. The molecular formula is C12H19N3S. The van der Waals surface area contributed by atoms with E-state index < -0.39 is 0 Å². The van der Waals surface area contributed by atoms with Crippen LogP contribution < -0.4 is 11.1 Å². The number of rotatable bonds is 5. The fraction of sp³-hybridized carbons (Fsp3) is 0.500. The zero-order chi connectivity index (χ0) is 12.2. The van der Waals surface area contributed by atoms with E-state index in [0.29, 0.717) is 10.7 Å². The number of aromatic nitrogens is 1. The lowest BCUT2D eigenvalue weighted by atomic mass is 9.90. The van der Waals surface area contributed by atoms with Crippen LogP contribution in [0.3, 0.4) is 0 Å². The largest absolute Gasteiger partial charge is 0.388 e. The van der Waals surface area contributed by atoms with E-state index in [2.05, 4.69) is 31.1 Å². The summed E-state index contributed by atoms with van der Waals surface area (Å²) in [6, 6.07) is 5.65. The first-order chi connectivity index (χ1) is 7.44. The second kappa shape index (κ2) is 5.25. The molecule has 0 radical (unpaired) electrons. The SMILES string of the molecule is CCC(C)(C)CNc1cccc(C(N)=S)n1. The summed E-state index contributed by atoms with van der Waals surface area (Å²) in [6.45, 7) is 7.51. The van der Waals surface area contributed by atoms with Crippen LogP contribution in [0, 0.1) is 5.41 Å². The number of hydrogen-bond acceptors (Lipinski definition) is 3. The van der Waals surface area contributed by atoms with Crippen molar-refractivity contribution in [1.82, 2.24) is 4.98 Å². The fourth-order valence-corrected chi connectivity index (χ4v) is 1.24. The number of pyridine rings is 1. The Labute approximate surface area is 102 Å². The number of nitrogens with two attached hydrogens (primary N) is 1. The summed E-state index contributed by atoms with van der Waals surface area (Å²) in [5.41, 5.74) is 6.46. The molecular weight excluding hydrogens is 218 g/mol. The van der Waals surface area contributed by atoms with Gasteiger partial charge in [-0.05, 0) is 24.0 Å². The van der Waals surface area contributed by atoms with E-state index in [1.54, 1.807) is 0 Å². The van der Waals surface area contributed by atoms with E-state index in [9.17, 15) is 0 Å². The summed E-state index contributed by atoms with van der Waals surface area (Å²) < 4.78 is 0. The Morgan fingerprint density at radius 1 is 1.50 bits per heavy atom. The molecule has 1 heterocycles. The third-order valence-electron chi connectivity index (χ3n) is 2.71. The summed E-state index contributed by atoms with van der Waals surface area (Å²) in [5, 5.41) is 3.30. The van der Waals surface area contributed by atoms with Crippen LogP contribution in [-0.4, -0.2) is 16.5 Å². The van der Waals surface area contributed by atoms with Gasteiger partial charge in [0.25, 0.3) is 0 Å². The number of anilines is 1. The van der Waals surface area contributed by atoms with Crippen molar-refractivity contribution in [2.24, 2.45) is 11.1 Å². The molecule has 1 aromatic rings. The van der Waals surface area contributed by atoms with Gasteiger partial charge in [-0.1, -0.05) is 39.1 Å². The number of nitrogens with one attached hydrogen (secondary N) is 1. The minimum absolute atomic E-state index is 0.265. The third-order valence-corrected chi connectivity index (χ3v) is 2.92. The molecule has 0 aromatic carbocycles. The first-order valence-corrected chi connectivity index (χ1v) is 5.86. The number of hydrogen-bond donors (Lipinski definition) is 2. The van der Waals surface area contributed by atoms with E-state index in [-0.39, 0.29) is 5.41 Å². The van der Waals surface area contributed by atoms with Crippen molar-refractivity contribution in [3.8, 4) is 0 Å². The molecule has 0 unspecified atom stereocenters. The van der Waals surface area contributed by atoms with Gasteiger partial charge in [0.2, 0.25) is 0 Å². The second-order valence-corrected chi connectivity index (χ2v) is 5.08. The Morgan fingerprint density at radius 3 is 2.75 bits per heavy atom. The van der Waals surface area contributed by atoms with E-state index in [1.165, 1.54) is 0 Å². The first kappa shape index (κ1) is 12.9. The Hall–Kier alpha value is -1.16. The van der Waals surface area contributed by atoms with Gasteiger partial charge in [-0.2, -0.15) is 0 Å². The van der Waals surface area contributed by atoms with Crippen molar-refractivity contribution >= 4 is 23.0 Å². The standard InChI is InChI=1S/C12H19N3S/c1-4-12(2,3)8-14-10-7-5-6-9(15-10)11(13)16/h5-7H,4,8H2,1-3H3,(H2,13,16)(H,14,15). The van der Waals surface area contributed by atoms with Gasteiger partial charge in [-0.25, -0.2) is 4.98 Å². The molecule has 88 valence electrons. The minimum atomic E-state index is 0.265. The monoisotopic (exact) mass is 237 g/mol. The van der Waals surface area contributed by atoms with Crippen molar-refractivity contribution in [1.29, 1.82) is 0 Å². The molecule has 1 rings (SSSR count). The van der Waals surface area contributed by atoms with Gasteiger partial charge in [0, 0.05) is 6.54 Å². The molecule has 0 saturated heterocycles. The average Bonchev–Trinajstić information content (AvgIpc) is 2.27. The molecule has 0 aliphatic rings. The van der Waals surface area contributed by atoms with Gasteiger partial charge in [-0.3, -0.25) is 0 Å². The number of nitrogens with zero attached hydrogens (tertiary/aromatic N) is 1. The maximum Gasteiger partial charge on any atom is 0.126 e. The Kier molecular flexibility index (Phi) is 4.24. The highest BCUT2D eigenvalue weighted by Crippen LogP contribution is 2.19. The molecule has 0 atom stereocenters. The Balaban J connectivity index is 2.68. The minimum Gasteiger partial charge on any atom is -0.388 e. The van der Waals surface area contributed by atoms with Gasteiger partial charge in [0.05, 0.1) is 5.69 Å². The van der Waals surface area contributed by atoms with Crippen LogP contribution in [0.25, 0.3) is 0 Å². The quantitative estimate of drug-likeness (QED) is 0.773. The number of thiocarbonyl (C=S) groups is 1. The molecule has 0 aliphatic heterocycles. The Bertz CT molecular complexity index is 374. The highest BCUT2D eigenvalue weighted by Gasteiger charge is 2.14. The molecule has 0 saturated carbocycles. The second-order valence-electron chi connectivity index (χ2n) is 4.64. The molecule has 0 amide bonds. The normalized spacial score (nSPS) is 11.2. The van der Waals surface area contributed by atoms with Crippen LogP contribution in [0.1, 0.15) is 32.9 Å². The molecule has 16 heavy (non-hydrogen) atoms. The molecule has 4 heteroatoms. The maximum absolute atomic E-state index is 5.53. The zero-order valence-corrected chi connectivity index (χ0v) is 10.9. The van der Waals surface area contributed by atoms with Gasteiger partial charge in [0.1, 0.15) is 10.8 Å². The van der Waals surface area contributed by atoms with Gasteiger partial charge in [0.15, 0.2) is 0 Å². The predicted molar refractivity (Wildman–Crippen MR) is 72.7 cm³/mol.